The average Bonchev–Trinajstić information content (AvgIpc) is 3.49. The number of rotatable bonds is 3. The second-order valence-electron chi connectivity index (χ2n) is 16.9. The van der Waals surface area contributed by atoms with Gasteiger partial charge in [-0.1, -0.05) is 0 Å². The smallest absolute Gasteiger partial charge is 1.00 e. The second kappa shape index (κ2) is 11.0. The van der Waals surface area contributed by atoms with Crippen molar-refractivity contribution in [2.45, 2.75) is 112 Å². The molecule has 0 heterocycles. The summed E-state index contributed by atoms with van der Waals surface area (Å²) >= 11 is -1.08. The van der Waals surface area contributed by atoms with Crippen LogP contribution in [0.4, 0.5) is 0 Å². The third kappa shape index (κ3) is 4.43. The van der Waals surface area contributed by atoms with E-state index in [-0.39, 0.29) is 55.0 Å². The van der Waals surface area contributed by atoms with Crippen LogP contribution in [-0.4, -0.2) is 0 Å². The van der Waals surface area contributed by atoms with Crippen molar-refractivity contribution in [1.29, 1.82) is 0 Å². The zero-order valence-electron chi connectivity index (χ0n) is 28.9. The molecule has 1 aromatic rings. The summed E-state index contributed by atoms with van der Waals surface area (Å²) in [5, 5.41) is 0. The van der Waals surface area contributed by atoms with Crippen molar-refractivity contribution in [2.75, 3.05) is 0 Å². The Morgan fingerprint density at radius 2 is 1.53 bits per heavy atom. The molecule has 0 nitrogen and oxygen atoms in total. The third-order valence-electron chi connectivity index (χ3n) is 14.0. The molecule has 0 aromatic heterocycles. The van der Waals surface area contributed by atoms with Gasteiger partial charge in [-0.25, -0.2) is 0 Å². The summed E-state index contributed by atoms with van der Waals surface area (Å²) in [5.74, 6) is 1.21. The van der Waals surface area contributed by atoms with Gasteiger partial charge in [-0.3, -0.25) is 0 Å². The first kappa shape index (κ1) is 35.2. The van der Waals surface area contributed by atoms with Gasteiger partial charge >= 0.3 is 265 Å². The summed E-state index contributed by atoms with van der Waals surface area (Å²) in [4.78, 5) is 0. The van der Waals surface area contributed by atoms with E-state index in [1.165, 1.54) is 24.8 Å². The molecule has 0 saturated heterocycles. The van der Waals surface area contributed by atoms with E-state index in [0.717, 1.165) is 6.42 Å². The summed E-state index contributed by atoms with van der Waals surface area (Å²) in [6.07, 6.45) is 15.2. The normalized spacial score (nSPS) is 32.7. The SMILES string of the molecule is CCC1C=C(C(C)(C)C)C=[C]1[Zr+2][C]1(C)C2=C3Cc4ccccc4C3=C3C=CCCC3C2(C)C(C)(C)C(C)(C)C1(C)C.[Cl-].[Cl-]. The summed E-state index contributed by atoms with van der Waals surface area (Å²) in [7, 11) is 0. The number of fused-ring (bicyclic) bond motifs is 6. The van der Waals surface area contributed by atoms with Gasteiger partial charge in [0.25, 0.3) is 0 Å². The van der Waals surface area contributed by atoms with Crippen molar-refractivity contribution in [2.24, 2.45) is 38.9 Å². The zero-order valence-corrected chi connectivity index (χ0v) is 32.8. The van der Waals surface area contributed by atoms with E-state index in [1.54, 1.807) is 27.9 Å². The van der Waals surface area contributed by atoms with Crippen LogP contribution in [0.5, 0.6) is 0 Å². The average molecular weight is 697 g/mol. The molecular formula is C40H54Cl2Zr. The molecular weight excluding hydrogens is 643 g/mol. The molecule has 6 rings (SSSR count). The van der Waals surface area contributed by atoms with Gasteiger partial charge < -0.3 is 24.8 Å². The van der Waals surface area contributed by atoms with Crippen LogP contribution in [0.2, 0.25) is 3.12 Å². The van der Waals surface area contributed by atoms with Gasteiger partial charge in [-0.05, 0) is 0 Å². The van der Waals surface area contributed by atoms with Gasteiger partial charge in [0.05, 0.1) is 0 Å². The largest absolute Gasteiger partial charge is 1.00 e. The van der Waals surface area contributed by atoms with Gasteiger partial charge in [-0.15, -0.1) is 0 Å². The van der Waals surface area contributed by atoms with Gasteiger partial charge in [0.2, 0.25) is 0 Å². The van der Waals surface area contributed by atoms with E-state index in [1.807, 2.05) is 8.85 Å². The molecule has 0 N–H and O–H groups in total. The summed E-state index contributed by atoms with van der Waals surface area (Å²) in [5.41, 5.74) is 12.4. The quantitative estimate of drug-likeness (QED) is 0.390. The molecule has 0 radical (unpaired) electrons. The maximum absolute atomic E-state index is 2.78. The van der Waals surface area contributed by atoms with E-state index < -0.39 is 23.2 Å². The molecule has 0 spiro atoms. The Kier molecular flexibility index (Phi) is 9.00. The Balaban J connectivity index is 0.00000212. The van der Waals surface area contributed by atoms with Crippen LogP contribution in [-0.2, 0) is 29.7 Å². The molecule has 1 fully saturated rings. The molecule has 5 aliphatic carbocycles. The molecule has 0 amide bonds. The van der Waals surface area contributed by atoms with Crippen LogP contribution >= 0.6 is 0 Å². The monoisotopic (exact) mass is 694 g/mol. The molecule has 232 valence electrons. The Hall–Kier alpha value is -0.617. The minimum absolute atomic E-state index is 0. The van der Waals surface area contributed by atoms with Crippen molar-refractivity contribution < 1.29 is 48.0 Å². The van der Waals surface area contributed by atoms with Crippen molar-refractivity contribution >= 4 is 5.57 Å². The van der Waals surface area contributed by atoms with E-state index in [4.69, 9.17) is 0 Å². The minimum atomic E-state index is -1.08. The van der Waals surface area contributed by atoms with Gasteiger partial charge in [0.15, 0.2) is 0 Å². The first-order valence-corrected chi connectivity index (χ1v) is 18.9. The fraction of sp³-hybridized carbons (Fsp3) is 0.600. The van der Waals surface area contributed by atoms with E-state index in [9.17, 15) is 0 Å². The first-order valence-electron chi connectivity index (χ1n) is 16.4. The molecule has 43 heavy (non-hydrogen) atoms. The number of halogens is 2. The Labute approximate surface area is 287 Å². The van der Waals surface area contributed by atoms with Crippen LogP contribution in [0, 0.1) is 38.9 Å². The number of benzene rings is 1. The standard InChI is InChI=1S/C29H37.C11H17.2ClH.Zr/c1-18-25-22-17-19-13-9-10-14-20(19)24(22)21-15-11-12-16-23(21)29(25,8)28(6,7)27(4,5)26(18,2)3;1-5-9-6-7-10(8-9)11(2,3)4;;;/h9-11,13-15,23H,12,16-17H2,1-8H3;7-9H,5H2,1-4H3;2*1H;/q;;;;+2/p-2. The minimum Gasteiger partial charge on any atom is -1.00 e. The molecule has 5 aliphatic rings. The molecule has 4 atom stereocenters. The van der Waals surface area contributed by atoms with E-state index >= 15 is 0 Å². The van der Waals surface area contributed by atoms with E-state index in [0.29, 0.717) is 11.8 Å². The molecule has 3 heteroatoms. The topological polar surface area (TPSA) is 0 Å². The van der Waals surface area contributed by atoms with Crippen LogP contribution in [0.3, 0.4) is 0 Å². The maximum Gasteiger partial charge on any atom is -1.00 e. The molecule has 1 aromatic carbocycles. The van der Waals surface area contributed by atoms with Crippen LogP contribution in [0.15, 0.2) is 74.1 Å². The maximum atomic E-state index is 2.78. The van der Waals surface area contributed by atoms with Crippen molar-refractivity contribution in [1.82, 2.24) is 0 Å². The number of hydrogen-bond donors (Lipinski definition) is 0. The van der Waals surface area contributed by atoms with E-state index in [2.05, 4.69) is 132 Å². The molecule has 1 saturated carbocycles. The Bertz CT molecular complexity index is 1470. The van der Waals surface area contributed by atoms with Crippen LogP contribution in [0.25, 0.3) is 5.57 Å². The summed E-state index contributed by atoms with van der Waals surface area (Å²) in [6, 6.07) is 9.39. The second-order valence-corrected chi connectivity index (χ2v) is 21.4. The third-order valence-corrected chi connectivity index (χ3v) is 19.4. The van der Waals surface area contributed by atoms with Gasteiger partial charge in [0, 0.05) is 0 Å². The summed E-state index contributed by atoms with van der Waals surface area (Å²) < 4.78 is 2.05. The predicted molar refractivity (Wildman–Crippen MR) is 173 cm³/mol. The van der Waals surface area contributed by atoms with Crippen LogP contribution < -0.4 is 24.8 Å². The zero-order chi connectivity index (χ0) is 30.0. The number of hydrogen-bond acceptors (Lipinski definition) is 0. The Morgan fingerprint density at radius 3 is 2.16 bits per heavy atom. The predicted octanol–water partition coefficient (Wildman–Crippen LogP) is 5.54. The Morgan fingerprint density at radius 1 is 0.884 bits per heavy atom. The van der Waals surface area contributed by atoms with Crippen molar-refractivity contribution in [3.8, 4) is 0 Å². The summed E-state index contributed by atoms with van der Waals surface area (Å²) in [6.45, 7) is 31.1. The molecule has 0 aliphatic heterocycles. The molecule has 4 unspecified atom stereocenters. The first-order chi connectivity index (χ1) is 18.9. The van der Waals surface area contributed by atoms with Gasteiger partial charge in [0.1, 0.15) is 0 Å². The fourth-order valence-corrected chi connectivity index (χ4v) is 16.0. The fourth-order valence-electron chi connectivity index (χ4n) is 10.00. The van der Waals surface area contributed by atoms with Crippen molar-refractivity contribution in [3.63, 3.8) is 0 Å². The van der Waals surface area contributed by atoms with Gasteiger partial charge in [-0.2, -0.15) is 0 Å². The number of allylic oxidation sites excluding steroid dienone is 10. The van der Waals surface area contributed by atoms with Crippen LogP contribution in [0.1, 0.15) is 113 Å². The van der Waals surface area contributed by atoms with Crippen molar-refractivity contribution in [3.05, 3.63) is 85.3 Å². The molecule has 0 bridgehead atoms.